The van der Waals surface area contributed by atoms with E-state index in [2.05, 4.69) is 20.6 Å². The average Bonchev–Trinajstić information content (AvgIpc) is 2.73. The van der Waals surface area contributed by atoms with E-state index < -0.39 is 0 Å². The van der Waals surface area contributed by atoms with E-state index in [1.165, 1.54) is 0 Å². The average molecular weight is 368 g/mol. The van der Waals surface area contributed by atoms with Gasteiger partial charge in [-0.3, -0.25) is 14.8 Å². The van der Waals surface area contributed by atoms with Crippen LogP contribution in [0.1, 0.15) is 21.5 Å². The van der Waals surface area contributed by atoms with Gasteiger partial charge in [-0.2, -0.15) is 0 Å². The van der Waals surface area contributed by atoms with Crippen LogP contribution in [-0.2, 0) is 6.54 Å². The number of para-hydroxylation sites is 1. The van der Waals surface area contributed by atoms with Crippen LogP contribution in [0.15, 0.2) is 79.3 Å². The van der Waals surface area contributed by atoms with E-state index >= 15 is 0 Å². The molecule has 138 valence electrons. The lowest BCUT2D eigenvalue weighted by Gasteiger charge is -2.11. The maximum absolute atomic E-state index is 12.6. The highest BCUT2D eigenvalue weighted by Crippen LogP contribution is 2.24. The molecule has 0 bridgehead atoms. The van der Waals surface area contributed by atoms with E-state index in [9.17, 15) is 4.79 Å². The Morgan fingerprint density at radius 3 is 2.75 bits per heavy atom. The van der Waals surface area contributed by atoms with Crippen molar-refractivity contribution in [2.45, 2.75) is 13.5 Å². The van der Waals surface area contributed by atoms with Crippen molar-refractivity contribution in [3.8, 4) is 0 Å². The van der Waals surface area contributed by atoms with Gasteiger partial charge in [0.25, 0.3) is 5.91 Å². The third-order valence-corrected chi connectivity index (χ3v) is 4.61. The van der Waals surface area contributed by atoms with Crippen LogP contribution in [0, 0.1) is 6.92 Å². The van der Waals surface area contributed by atoms with Gasteiger partial charge in [0, 0.05) is 24.3 Å². The fourth-order valence-corrected chi connectivity index (χ4v) is 3.08. The number of rotatable bonds is 5. The minimum absolute atomic E-state index is 0.157. The number of hydrogen-bond acceptors (Lipinski definition) is 4. The number of hydrogen-bond donors (Lipinski definition) is 2. The van der Waals surface area contributed by atoms with Gasteiger partial charge < -0.3 is 10.6 Å². The lowest BCUT2D eigenvalue weighted by molar-refractivity contribution is 0.0950. The normalized spacial score (nSPS) is 10.6. The molecule has 0 saturated heterocycles. The number of nitrogens with zero attached hydrogens (tertiary/aromatic N) is 2. The number of nitrogens with one attached hydrogen (secondary N) is 2. The number of benzene rings is 2. The van der Waals surface area contributed by atoms with Crippen LogP contribution in [0.5, 0.6) is 0 Å². The maximum Gasteiger partial charge on any atom is 0.253 e. The van der Waals surface area contributed by atoms with Crippen LogP contribution in [0.25, 0.3) is 10.9 Å². The molecule has 0 atom stereocenters. The molecule has 0 fully saturated rings. The van der Waals surface area contributed by atoms with Crippen molar-refractivity contribution in [1.82, 2.24) is 15.3 Å². The predicted molar refractivity (Wildman–Crippen MR) is 112 cm³/mol. The van der Waals surface area contributed by atoms with Gasteiger partial charge in [-0.1, -0.05) is 42.5 Å². The van der Waals surface area contributed by atoms with E-state index in [0.29, 0.717) is 12.1 Å². The number of aromatic nitrogens is 2. The second kappa shape index (κ2) is 7.88. The molecule has 28 heavy (non-hydrogen) atoms. The zero-order chi connectivity index (χ0) is 19.3. The van der Waals surface area contributed by atoms with Gasteiger partial charge in [-0.15, -0.1) is 0 Å². The molecule has 0 unspecified atom stereocenters. The predicted octanol–water partition coefficient (Wildman–Crippen LogP) is 4.61. The van der Waals surface area contributed by atoms with Gasteiger partial charge in [-0.25, -0.2) is 0 Å². The summed E-state index contributed by atoms with van der Waals surface area (Å²) in [5.74, 6) is -0.157. The second-order valence-electron chi connectivity index (χ2n) is 6.58. The van der Waals surface area contributed by atoms with Crippen LogP contribution in [0.3, 0.4) is 0 Å². The summed E-state index contributed by atoms with van der Waals surface area (Å²) < 4.78 is 0. The van der Waals surface area contributed by atoms with Crippen molar-refractivity contribution in [2.24, 2.45) is 0 Å². The molecule has 1 amide bonds. The summed E-state index contributed by atoms with van der Waals surface area (Å²) >= 11 is 0. The van der Waals surface area contributed by atoms with Crippen molar-refractivity contribution in [3.63, 3.8) is 0 Å². The van der Waals surface area contributed by atoms with Gasteiger partial charge in [0.05, 0.1) is 28.7 Å². The lowest BCUT2D eigenvalue weighted by atomic mass is 10.1. The molecular weight excluding hydrogens is 348 g/mol. The Morgan fingerprint density at radius 1 is 1.00 bits per heavy atom. The summed E-state index contributed by atoms with van der Waals surface area (Å²) in [6, 6.07) is 19.7. The fourth-order valence-electron chi connectivity index (χ4n) is 3.08. The first-order valence-corrected chi connectivity index (χ1v) is 9.09. The van der Waals surface area contributed by atoms with Crippen molar-refractivity contribution in [3.05, 3.63) is 95.9 Å². The zero-order valence-corrected chi connectivity index (χ0v) is 15.5. The summed E-state index contributed by atoms with van der Waals surface area (Å²) in [5, 5.41) is 7.33. The highest BCUT2D eigenvalue weighted by atomic mass is 16.1. The van der Waals surface area contributed by atoms with Gasteiger partial charge in [0.15, 0.2) is 0 Å². The van der Waals surface area contributed by atoms with Crippen molar-refractivity contribution >= 4 is 28.2 Å². The lowest BCUT2D eigenvalue weighted by Crippen LogP contribution is -2.23. The number of amides is 1. The topological polar surface area (TPSA) is 66.9 Å². The number of carbonyl (C=O) groups excluding carboxylic acids is 1. The molecule has 0 aliphatic carbocycles. The third-order valence-electron chi connectivity index (χ3n) is 4.61. The Morgan fingerprint density at radius 2 is 1.86 bits per heavy atom. The largest absolute Gasteiger partial charge is 0.352 e. The van der Waals surface area contributed by atoms with Crippen LogP contribution in [0.4, 0.5) is 11.4 Å². The van der Waals surface area contributed by atoms with Gasteiger partial charge >= 0.3 is 0 Å². The van der Waals surface area contributed by atoms with Crippen LogP contribution in [-0.4, -0.2) is 15.9 Å². The quantitative estimate of drug-likeness (QED) is 0.540. The molecule has 0 aliphatic heterocycles. The van der Waals surface area contributed by atoms with Crippen molar-refractivity contribution in [2.75, 3.05) is 5.32 Å². The first-order chi connectivity index (χ1) is 13.7. The number of pyridine rings is 2. The van der Waals surface area contributed by atoms with Gasteiger partial charge in [-0.05, 0) is 36.2 Å². The highest BCUT2D eigenvalue weighted by Gasteiger charge is 2.09. The van der Waals surface area contributed by atoms with E-state index in [-0.39, 0.29) is 5.91 Å². The van der Waals surface area contributed by atoms with E-state index in [1.807, 2.05) is 61.5 Å². The van der Waals surface area contributed by atoms with Crippen molar-refractivity contribution in [1.29, 1.82) is 0 Å². The Labute approximate surface area is 163 Å². The number of anilines is 2. The molecule has 2 aromatic carbocycles. The molecule has 0 aliphatic rings. The molecule has 2 aromatic heterocycles. The highest BCUT2D eigenvalue weighted by molar-refractivity contribution is 5.96. The number of fused-ring (bicyclic) bond motifs is 1. The van der Waals surface area contributed by atoms with E-state index in [0.717, 1.165) is 33.4 Å². The molecule has 5 nitrogen and oxygen atoms in total. The van der Waals surface area contributed by atoms with Crippen molar-refractivity contribution < 1.29 is 4.79 Å². The van der Waals surface area contributed by atoms with Crippen LogP contribution < -0.4 is 10.6 Å². The molecule has 5 heteroatoms. The standard InChI is InChI=1S/C23H20N4O/c1-16-6-2-3-7-18(16)14-26-23(28)19-12-20(15-24-13-19)27-21-10-4-8-17-9-5-11-25-22(17)21/h2-13,15,27H,14H2,1H3,(H,26,28). The minimum Gasteiger partial charge on any atom is -0.352 e. The molecule has 0 radical (unpaired) electrons. The molecule has 4 rings (SSSR count). The van der Waals surface area contributed by atoms with Crippen LogP contribution >= 0.6 is 0 Å². The zero-order valence-electron chi connectivity index (χ0n) is 15.5. The monoisotopic (exact) mass is 368 g/mol. The number of aryl methyl sites for hydroxylation is 1. The smallest absolute Gasteiger partial charge is 0.253 e. The second-order valence-corrected chi connectivity index (χ2v) is 6.58. The first kappa shape index (κ1) is 17.7. The molecule has 2 N–H and O–H groups in total. The molecule has 0 saturated carbocycles. The summed E-state index contributed by atoms with van der Waals surface area (Å²) in [7, 11) is 0. The molecular formula is C23H20N4O. The fraction of sp³-hybridized carbons (Fsp3) is 0.0870. The summed E-state index contributed by atoms with van der Waals surface area (Å²) in [6.45, 7) is 2.52. The van der Waals surface area contributed by atoms with Gasteiger partial charge in [0.1, 0.15) is 0 Å². The first-order valence-electron chi connectivity index (χ1n) is 9.09. The van der Waals surface area contributed by atoms with E-state index in [1.54, 1.807) is 24.7 Å². The van der Waals surface area contributed by atoms with Gasteiger partial charge in [0.2, 0.25) is 0 Å². The SMILES string of the molecule is Cc1ccccc1CNC(=O)c1cncc(Nc2cccc3cccnc23)c1. The Hall–Kier alpha value is -3.73. The molecule has 2 heterocycles. The third kappa shape index (κ3) is 3.83. The summed E-state index contributed by atoms with van der Waals surface area (Å²) in [5.41, 5.74) is 5.24. The Kier molecular flexibility index (Phi) is 4.97. The molecule has 4 aromatic rings. The van der Waals surface area contributed by atoms with Crippen LogP contribution in [0.2, 0.25) is 0 Å². The summed E-state index contributed by atoms with van der Waals surface area (Å²) in [6.07, 6.45) is 5.03. The number of carbonyl (C=O) groups is 1. The maximum atomic E-state index is 12.6. The Bertz CT molecular complexity index is 1130. The minimum atomic E-state index is -0.157. The summed E-state index contributed by atoms with van der Waals surface area (Å²) in [4.78, 5) is 21.2. The van der Waals surface area contributed by atoms with E-state index in [4.69, 9.17) is 0 Å². The Balaban J connectivity index is 1.51. The molecule has 0 spiro atoms.